The summed E-state index contributed by atoms with van der Waals surface area (Å²) in [5, 5.41) is 11.6. The van der Waals surface area contributed by atoms with E-state index in [-0.39, 0.29) is 106 Å². The number of anilines is 1. The number of carbonyl (C=O) groups excluding carboxylic acids is 10. The number of amides is 9. The molecule has 476 valence electrons. The van der Waals surface area contributed by atoms with Crippen LogP contribution in [0.1, 0.15) is 153 Å². The van der Waals surface area contributed by atoms with Gasteiger partial charge in [0.1, 0.15) is 29.9 Å². The van der Waals surface area contributed by atoms with E-state index in [9.17, 15) is 47.7 Å². The minimum atomic E-state index is -4.18. The Morgan fingerprint density at radius 2 is 1.43 bits per heavy atom. The van der Waals surface area contributed by atoms with Gasteiger partial charge in [-0.15, -0.1) is 0 Å². The normalized spacial score (nSPS) is 22.6. The minimum Gasteiger partial charge on any atom is -0.370 e. The number of piperidine rings is 1. The van der Waals surface area contributed by atoms with Crippen LogP contribution in [0.5, 0.6) is 0 Å². The van der Waals surface area contributed by atoms with Gasteiger partial charge in [-0.25, -0.2) is 0 Å². The van der Waals surface area contributed by atoms with Crippen LogP contribution in [0.25, 0.3) is 10.9 Å². The summed E-state index contributed by atoms with van der Waals surface area (Å²) in [5.41, 5.74) is 9.64. The predicted octanol–water partition coefficient (Wildman–Crippen LogP) is 7.08. The highest BCUT2D eigenvalue weighted by molar-refractivity contribution is 7.72. The molecule has 5 heterocycles. The Hall–Kier alpha value is -8.33. The van der Waals surface area contributed by atoms with Crippen molar-refractivity contribution in [3.8, 4) is 0 Å². The number of imide groups is 1. The molecule has 1 saturated carbocycles. The Bertz CT molecular complexity index is 3540. The van der Waals surface area contributed by atoms with Gasteiger partial charge < -0.3 is 45.5 Å². The Morgan fingerprint density at radius 3 is 2.10 bits per heavy atom. The summed E-state index contributed by atoms with van der Waals surface area (Å²) in [6.45, 7) is 5.00. The highest BCUT2D eigenvalue weighted by Gasteiger charge is 2.47. The van der Waals surface area contributed by atoms with Crippen LogP contribution < -0.4 is 31.9 Å². The molecule has 5 aromatic rings. The predicted molar refractivity (Wildman–Crippen MR) is 334 cm³/mol. The number of hydrogen-bond acceptors (Lipinski definition) is 13. The molecule has 4 fully saturated rings. The standard InChI is InChI=1S/C67H80N9O13P/c1-4-88-90(87,89-5-2)67(86)47-23-25-50-48(37-47)38-52(69-50)62(81)71-53-39-74(59(79)36-42-19-17-41(18-20-42)34-43-21-27-54-46(35-43)22-16-40(3)65(84)76(54)56-29-31-58(78)72-64(56)83)33-32-49-24-28-55(75(49)66(53)85)63(82)70-51(26-30-57(68)77)61(80)73-60(44-12-8-6-9-13-44)45-14-10-7-11-15-45/h6-15,21,23,25,27,35,37-38,40-42,49,51,53,55-56,60,69H,4-5,16-20,22,24,26,28-34,36,39H2,1-3H3,(H2,68,77)(H,70,82)(H,71,81)(H,73,80)(H,72,78,83)/t40?,41?,42?,49-,51+,53+,55+,56-/m1/s1. The number of nitrogens with one attached hydrogen (secondary N) is 5. The molecule has 1 unspecified atom stereocenters. The van der Waals surface area contributed by atoms with Gasteiger partial charge in [0.15, 0.2) is 0 Å². The molecule has 4 aliphatic heterocycles. The van der Waals surface area contributed by atoms with E-state index in [1.54, 1.807) is 29.7 Å². The molecule has 0 radical (unpaired) electrons. The summed E-state index contributed by atoms with van der Waals surface area (Å²) in [6, 6.07) is 25.0. The van der Waals surface area contributed by atoms with Crippen molar-refractivity contribution < 1.29 is 61.6 Å². The lowest BCUT2D eigenvalue weighted by Crippen LogP contribution is -2.62. The highest BCUT2D eigenvalue weighted by Crippen LogP contribution is 2.51. The Kier molecular flexibility index (Phi) is 20.6. The lowest BCUT2D eigenvalue weighted by atomic mass is 9.77. The molecule has 5 aliphatic rings. The Labute approximate surface area is 523 Å². The van der Waals surface area contributed by atoms with Crippen LogP contribution in [0.4, 0.5) is 5.69 Å². The van der Waals surface area contributed by atoms with Crippen LogP contribution in [-0.2, 0) is 64.8 Å². The van der Waals surface area contributed by atoms with Gasteiger partial charge in [-0.05, 0) is 155 Å². The quantitative estimate of drug-likeness (QED) is 0.0299. The molecule has 1 aromatic heterocycles. The summed E-state index contributed by atoms with van der Waals surface area (Å²) in [5.74, 6) is -4.21. The van der Waals surface area contributed by atoms with Crippen LogP contribution in [0.2, 0.25) is 0 Å². The maximum atomic E-state index is 15.3. The largest absolute Gasteiger partial charge is 0.401 e. The second-order valence-electron chi connectivity index (χ2n) is 24.5. The minimum absolute atomic E-state index is 0.0153. The van der Waals surface area contributed by atoms with Gasteiger partial charge in [0.25, 0.3) is 11.4 Å². The van der Waals surface area contributed by atoms with Crippen molar-refractivity contribution in [1.29, 1.82) is 0 Å². The van der Waals surface area contributed by atoms with Crippen LogP contribution in [0.15, 0.2) is 103 Å². The van der Waals surface area contributed by atoms with Crippen molar-refractivity contribution in [3.05, 3.63) is 137 Å². The van der Waals surface area contributed by atoms with Crippen molar-refractivity contribution in [3.63, 3.8) is 0 Å². The number of hydrogen-bond donors (Lipinski definition) is 6. The SMILES string of the molecule is CCOP(=O)(OCC)C(=O)c1ccc2[nH]c(C(=O)N[C@H]3CN(C(=O)CC4CCC(Cc5ccc6c(c5)CCC(C)C(=O)N6[C@@H]5CCC(=O)NC5=O)CC4)CC[C@H]4CC[C@@H](C(=O)N[C@@H](CCC(N)=O)C(=O)NC(c5ccccc5)c5ccccc5)N4C3=O)cc2c1. The summed E-state index contributed by atoms with van der Waals surface area (Å²) in [4.78, 5) is 146. The van der Waals surface area contributed by atoms with Gasteiger partial charge in [-0.2, -0.15) is 0 Å². The van der Waals surface area contributed by atoms with E-state index in [0.717, 1.165) is 54.4 Å². The number of nitrogens with zero attached hydrogens (tertiary/aromatic N) is 3. The second-order valence-corrected chi connectivity index (χ2v) is 26.4. The number of H-pyrrole nitrogens is 1. The monoisotopic (exact) mass is 1250 g/mol. The summed E-state index contributed by atoms with van der Waals surface area (Å²) in [6.07, 6.45) is 6.62. The summed E-state index contributed by atoms with van der Waals surface area (Å²) >= 11 is 0. The number of aromatic amines is 1. The lowest BCUT2D eigenvalue weighted by Gasteiger charge is -2.39. The smallest absolute Gasteiger partial charge is 0.370 e. The number of aromatic nitrogens is 1. The average molecular weight is 1250 g/mol. The molecule has 90 heavy (non-hydrogen) atoms. The summed E-state index contributed by atoms with van der Waals surface area (Å²) < 4.78 is 24.0. The number of aryl methyl sites for hydroxylation is 1. The van der Waals surface area contributed by atoms with Gasteiger partial charge in [-0.3, -0.25) is 62.7 Å². The van der Waals surface area contributed by atoms with Crippen LogP contribution >= 0.6 is 7.60 Å². The van der Waals surface area contributed by atoms with Crippen LogP contribution in [0, 0.1) is 17.8 Å². The van der Waals surface area contributed by atoms with E-state index in [1.807, 2.05) is 79.7 Å². The van der Waals surface area contributed by atoms with Crippen molar-refractivity contribution in [2.24, 2.45) is 23.5 Å². The maximum Gasteiger partial charge on any atom is 0.401 e. The number of carbonyl (C=O) groups is 10. The Morgan fingerprint density at radius 1 is 0.744 bits per heavy atom. The molecule has 10 rings (SSSR count). The first-order valence-electron chi connectivity index (χ1n) is 31.6. The fraction of sp³-hybridized carbons (Fsp3) is 0.463. The fourth-order valence-corrected chi connectivity index (χ4v) is 15.1. The number of nitrogens with two attached hydrogens (primary N) is 1. The molecule has 9 amide bonds. The molecule has 0 bridgehead atoms. The van der Waals surface area contributed by atoms with Gasteiger partial charge >= 0.3 is 7.60 Å². The van der Waals surface area contributed by atoms with Crippen LogP contribution in [0.3, 0.4) is 0 Å². The number of benzene rings is 4. The molecule has 22 nitrogen and oxygen atoms in total. The Balaban J connectivity index is 0.850. The van der Waals surface area contributed by atoms with E-state index < -0.39 is 84.8 Å². The first-order valence-corrected chi connectivity index (χ1v) is 33.1. The molecular formula is C67H80N9O13P. The molecule has 0 spiro atoms. The van der Waals surface area contributed by atoms with Gasteiger partial charge in [-0.1, -0.05) is 79.7 Å². The molecule has 6 atom stereocenters. The highest BCUT2D eigenvalue weighted by atomic mass is 31.2. The number of rotatable bonds is 22. The van der Waals surface area contributed by atoms with Crippen molar-refractivity contribution >= 4 is 82.9 Å². The van der Waals surface area contributed by atoms with Gasteiger partial charge in [0.2, 0.25) is 47.3 Å². The number of primary amides is 1. The average Bonchev–Trinajstić information content (AvgIpc) is 1.82. The van der Waals surface area contributed by atoms with Crippen molar-refractivity contribution in [1.82, 2.24) is 36.1 Å². The molecule has 3 saturated heterocycles. The topological polar surface area (TPSA) is 306 Å². The molecule has 23 heteroatoms. The van der Waals surface area contributed by atoms with Crippen molar-refractivity contribution in [2.75, 3.05) is 31.2 Å². The number of fused-ring (bicyclic) bond motifs is 3. The zero-order valence-electron chi connectivity index (χ0n) is 51.1. The molecule has 1 aliphatic carbocycles. The first kappa shape index (κ1) is 64.6. The van der Waals surface area contributed by atoms with E-state index >= 15 is 4.79 Å². The lowest BCUT2D eigenvalue weighted by molar-refractivity contribution is -0.146. The van der Waals surface area contributed by atoms with Crippen molar-refractivity contribution in [2.45, 2.75) is 153 Å². The zero-order valence-corrected chi connectivity index (χ0v) is 52.0. The van der Waals surface area contributed by atoms with Gasteiger partial charge in [0, 0.05) is 66.5 Å². The maximum absolute atomic E-state index is 15.3. The summed E-state index contributed by atoms with van der Waals surface area (Å²) in [7, 11) is -4.18. The molecule has 4 aromatic carbocycles. The fourth-order valence-electron chi connectivity index (χ4n) is 13.6. The van der Waals surface area contributed by atoms with E-state index in [0.29, 0.717) is 48.2 Å². The first-order chi connectivity index (χ1) is 43.3. The van der Waals surface area contributed by atoms with E-state index in [1.165, 1.54) is 23.1 Å². The molecule has 7 N–H and O–H groups in total. The third kappa shape index (κ3) is 14.8. The van der Waals surface area contributed by atoms with E-state index in [4.69, 9.17) is 14.8 Å². The molecular weight excluding hydrogens is 1170 g/mol. The third-order valence-electron chi connectivity index (χ3n) is 18.4. The van der Waals surface area contributed by atoms with Gasteiger partial charge in [0.05, 0.1) is 19.3 Å². The van der Waals surface area contributed by atoms with Crippen LogP contribution in [-0.4, -0.2) is 130 Å². The third-order valence-corrected chi connectivity index (χ3v) is 20.3. The zero-order chi connectivity index (χ0) is 63.8. The van der Waals surface area contributed by atoms with E-state index in [2.05, 4.69) is 32.3 Å². The second kappa shape index (κ2) is 28.7.